The first-order valence-corrected chi connectivity index (χ1v) is 10.9. The Morgan fingerprint density at radius 3 is 2.23 bits per heavy atom. The standard InChI is InChI=1S/C28H32O2/c1-4-28(5-2,24-17-19-25(20-18-24)29-6-3)21-11-13-23-12-10-16-27(22-23)30-26-14-8-7-9-15-26/h4,7-10,12,14-20,22H,1,5-6,11,13,21H2,2-3H3. The van der Waals surface area contributed by atoms with E-state index in [4.69, 9.17) is 9.47 Å². The van der Waals surface area contributed by atoms with E-state index in [2.05, 4.69) is 62.0 Å². The maximum Gasteiger partial charge on any atom is 0.127 e. The zero-order valence-electron chi connectivity index (χ0n) is 18.1. The quantitative estimate of drug-likeness (QED) is 0.307. The monoisotopic (exact) mass is 400 g/mol. The van der Waals surface area contributed by atoms with Gasteiger partial charge in [-0.25, -0.2) is 0 Å². The minimum absolute atomic E-state index is 0.0110. The van der Waals surface area contributed by atoms with Crippen LogP contribution in [0.4, 0.5) is 0 Å². The Morgan fingerprint density at radius 2 is 1.57 bits per heavy atom. The molecule has 0 aliphatic heterocycles. The zero-order chi connectivity index (χ0) is 21.2. The Hall–Kier alpha value is -3.00. The minimum atomic E-state index is -0.0110. The number of benzene rings is 3. The van der Waals surface area contributed by atoms with Crippen LogP contribution in [-0.4, -0.2) is 6.61 Å². The van der Waals surface area contributed by atoms with Crippen LogP contribution in [0.5, 0.6) is 17.2 Å². The normalized spacial score (nSPS) is 12.7. The van der Waals surface area contributed by atoms with Crippen LogP contribution in [0.1, 0.15) is 44.2 Å². The van der Waals surface area contributed by atoms with Gasteiger partial charge in [-0.2, -0.15) is 0 Å². The smallest absolute Gasteiger partial charge is 0.127 e. The summed E-state index contributed by atoms with van der Waals surface area (Å²) in [5.74, 6) is 2.67. The first-order chi connectivity index (χ1) is 14.7. The molecule has 0 saturated heterocycles. The molecule has 0 radical (unpaired) electrons. The third kappa shape index (κ3) is 5.54. The molecule has 3 aromatic rings. The van der Waals surface area contributed by atoms with E-state index in [0.717, 1.165) is 42.9 Å². The number of hydrogen-bond donors (Lipinski definition) is 0. The molecule has 0 aromatic heterocycles. The van der Waals surface area contributed by atoms with E-state index >= 15 is 0 Å². The molecule has 0 aliphatic rings. The fraction of sp³-hybridized carbons (Fsp3) is 0.286. The van der Waals surface area contributed by atoms with Gasteiger partial charge in [0.1, 0.15) is 17.2 Å². The van der Waals surface area contributed by atoms with Crippen molar-refractivity contribution in [2.24, 2.45) is 0 Å². The van der Waals surface area contributed by atoms with E-state index < -0.39 is 0 Å². The van der Waals surface area contributed by atoms with Gasteiger partial charge in [0.05, 0.1) is 6.61 Å². The largest absolute Gasteiger partial charge is 0.494 e. The lowest BCUT2D eigenvalue weighted by atomic mass is 9.74. The van der Waals surface area contributed by atoms with E-state index in [0.29, 0.717) is 6.61 Å². The van der Waals surface area contributed by atoms with E-state index in [1.54, 1.807) is 0 Å². The van der Waals surface area contributed by atoms with Gasteiger partial charge in [-0.3, -0.25) is 0 Å². The Balaban J connectivity index is 1.64. The van der Waals surface area contributed by atoms with Gasteiger partial charge >= 0.3 is 0 Å². The van der Waals surface area contributed by atoms with Crippen LogP contribution >= 0.6 is 0 Å². The molecule has 3 rings (SSSR count). The second kappa shape index (κ2) is 10.7. The van der Waals surface area contributed by atoms with Gasteiger partial charge in [-0.1, -0.05) is 55.5 Å². The van der Waals surface area contributed by atoms with E-state index in [1.807, 2.05) is 43.3 Å². The molecular formula is C28H32O2. The van der Waals surface area contributed by atoms with Crippen molar-refractivity contribution in [3.05, 3.63) is 103 Å². The summed E-state index contributed by atoms with van der Waals surface area (Å²) in [4.78, 5) is 0. The Bertz CT molecular complexity index is 915. The summed E-state index contributed by atoms with van der Waals surface area (Å²) in [6.45, 7) is 9.11. The second-order valence-electron chi connectivity index (χ2n) is 7.59. The highest BCUT2D eigenvalue weighted by Gasteiger charge is 2.26. The Kier molecular flexibility index (Phi) is 7.73. The maximum atomic E-state index is 5.98. The molecule has 1 unspecified atom stereocenters. The average Bonchev–Trinajstić information content (AvgIpc) is 2.79. The number of hydrogen-bond acceptors (Lipinski definition) is 2. The minimum Gasteiger partial charge on any atom is -0.494 e. The molecule has 0 bridgehead atoms. The topological polar surface area (TPSA) is 18.5 Å². The Labute approximate surface area is 181 Å². The lowest BCUT2D eigenvalue weighted by molar-refractivity contribution is 0.339. The summed E-state index contributed by atoms with van der Waals surface area (Å²) in [6, 6.07) is 26.8. The van der Waals surface area contributed by atoms with Crippen LogP contribution in [-0.2, 0) is 11.8 Å². The van der Waals surface area contributed by atoms with Gasteiger partial charge in [0.15, 0.2) is 0 Å². The fourth-order valence-electron chi connectivity index (χ4n) is 3.94. The third-order valence-electron chi connectivity index (χ3n) is 5.73. The molecule has 30 heavy (non-hydrogen) atoms. The number of allylic oxidation sites excluding steroid dienone is 1. The summed E-state index contributed by atoms with van der Waals surface area (Å²) in [6.07, 6.45) is 6.31. The second-order valence-corrected chi connectivity index (χ2v) is 7.59. The highest BCUT2D eigenvalue weighted by Crippen LogP contribution is 2.36. The van der Waals surface area contributed by atoms with Gasteiger partial charge in [-0.05, 0) is 80.1 Å². The molecule has 3 aromatic carbocycles. The molecule has 1 atom stereocenters. The molecule has 0 spiro atoms. The third-order valence-corrected chi connectivity index (χ3v) is 5.73. The number of aryl methyl sites for hydroxylation is 1. The number of ether oxygens (including phenoxy) is 2. The average molecular weight is 401 g/mol. The molecule has 0 heterocycles. The summed E-state index contributed by atoms with van der Waals surface area (Å²) in [7, 11) is 0. The zero-order valence-corrected chi connectivity index (χ0v) is 18.1. The van der Waals surface area contributed by atoms with Gasteiger partial charge in [0.25, 0.3) is 0 Å². The van der Waals surface area contributed by atoms with Crippen LogP contribution in [0.25, 0.3) is 0 Å². The SMILES string of the molecule is C=CC(CC)(CCCc1cccc(Oc2ccccc2)c1)c1ccc(OCC)cc1. The fourth-order valence-corrected chi connectivity index (χ4v) is 3.94. The molecule has 0 fully saturated rings. The molecule has 0 amide bonds. The van der Waals surface area contributed by atoms with Gasteiger partial charge in [-0.15, -0.1) is 6.58 Å². The molecule has 2 nitrogen and oxygen atoms in total. The summed E-state index contributed by atoms with van der Waals surface area (Å²) in [5.41, 5.74) is 2.59. The van der Waals surface area contributed by atoms with Crippen molar-refractivity contribution in [3.63, 3.8) is 0 Å². The van der Waals surface area contributed by atoms with Crippen molar-refractivity contribution < 1.29 is 9.47 Å². The van der Waals surface area contributed by atoms with Crippen LogP contribution in [0, 0.1) is 0 Å². The van der Waals surface area contributed by atoms with Crippen molar-refractivity contribution in [1.29, 1.82) is 0 Å². The van der Waals surface area contributed by atoms with Gasteiger partial charge in [0.2, 0.25) is 0 Å². The van der Waals surface area contributed by atoms with Crippen LogP contribution in [0.3, 0.4) is 0 Å². The summed E-state index contributed by atoms with van der Waals surface area (Å²) in [5, 5.41) is 0. The van der Waals surface area contributed by atoms with Crippen LogP contribution in [0.15, 0.2) is 91.5 Å². The van der Waals surface area contributed by atoms with Crippen molar-refractivity contribution in [2.75, 3.05) is 6.61 Å². The highest BCUT2D eigenvalue weighted by molar-refractivity contribution is 5.36. The number of para-hydroxylation sites is 1. The first-order valence-electron chi connectivity index (χ1n) is 10.9. The van der Waals surface area contributed by atoms with Crippen LogP contribution in [0.2, 0.25) is 0 Å². The summed E-state index contributed by atoms with van der Waals surface area (Å²) < 4.78 is 11.6. The number of rotatable bonds is 11. The van der Waals surface area contributed by atoms with Gasteiger partial charge < -0.3 is 9.47 Å². The predicted octanol–water partition coefficient (Wildman–Crippen LogP) is 7.73. The molecule has 156 valence electrons. The predicted molar refractivity (Wildman–Crippen MR) is 126 cm³/mol. The summed E-state index contributed by atoms with van der Waals surface area (Å²) >= 11 is 0. The molecule has 0 aliphatic carbocycles. The van der Waals surface area contributed by atoms with E-state index in [-0.39, 0.29) is 5.41 Å². The van der Waals surface area contributed by atoms with Crippen LogP contribution < -0.4 is 9.47 Å². The van der Waals surface area contributed by atoms with E-state index in [9.17, 15) is 0 Å². The molecule has 0 N–H and O–H groups in total. The van der Waals surface area contributed by atoms with Gasteiger partial charge in [0, 0.05) is 5.41 Å². The van der Waals surface area contributed by atoms with Crippen molar-refractivity contribution >= 4 is 0 Å². The highest BCUT2D eigenvalue weighted by atomic mass is 16.5. The van der Waals surface area contributed by atoms with Crippen molar-refractivity contribution in [3.8, 4) is 17.2 Å². The lowest BCUT2D eigenvalue weighted by Crippen LogP contribution is -2.22. The van der Waals surface area contributed by atoms with E-state index in [1.165, 1.54) is 11.1 Å². The molecular weight excluding hydrogens is 368 g/mol. The Morgan fingerprint density at radius 1 is 0.833 bits per heavy atom. The first kappa shape index (κ1) is 21.7. The molecule has 2 heteroatoms. The van der Waals surface area contributed by atoms with Crippen molar-refractivity contribution in [1.82, 2.24) is 0 Å². The van der Waals surface area contributed by atoms with Crippen molar-refractivity contribution in [2.45, 2.75) is 44.9 Å². The lowest BCUT2D eigenvalue weighted by Gasteiger charge is -2.30. The maximum absolute atomic E-state index is 5.98. The molecule has 0 saturated carbocycles.